The monoisotopic (exact) mass is 388 g/mol. The molecule has 20 heavy (non-hydrogen) atoms. The molecule has 0 fully saturated rings. The number of halogens is 1. The minimum absolute atomic E-state index is 0.553. The molecule has 3 aromatic heterocycles. The third kappa shape index (κ3) is 3.05. The zero-order valence-electron chi connectivity index (χ0n) is 10.3. The van der Waals surface area contributed by atoms with E-state index in [0.717, 1.165) is 18.6 Å². The molecular formula is C11H9BrN4OS3. The standard InChI is InChI=1S/C11H9BrN4OS3/c1-5-10(20-11(13)14-5)18-4-8-15-16-9(17-8)6-2-3-7(12)19-6/h2-3H,4H2,1H3,(H2,13,14). The number of hydrogen-bond donors (Lipinski definition) is 1. The van der Waals surface area contributed by atoms with E-state index in [1.165, 1.54) is 11.3 Å². The highest BCUT2D eigenvalue weighted by Gasteiger charge is 2.12. The first-order chi connectivity index (χ1) is 9.61. The van der Waals surface area contributed by atoms with Crippen LogP contribution in [0.15, 0.2) is 24.5 Å². The van der Waals surface area contributed by atoms with E-state index < -0.39 is 0 Å². The molecule has 0 atom stereocenters. The van der Waals surface area contributed by atoms with Crippen LogP contribution in [0.1, 0.15) is 11.6 Å². The van der Waals surface area contributed by atoms with Gasteiger partial charge >= 0.3 is 0 Å². The molecule has 0 saturated carbocycles. The molecule has 5 nitrogen and oxygen atoms in total. The highest BCUT2D eigenvalue weighted by Crippen LogP contribution is 2.34. The molecule has 3 rings (SSSR count). The maximum atomic E-state index is 5.67. The van der Waals surface area contributed by atoms with Gasteiger partial charge < -0.3 is 10.2 Å². The Morgan fingerprint density at radius 1 is 1.35 bits per heavy atom. The van der Waals surface area contributed by atoms with E-state index in [0.29, 0.717) is 22.7 Å². The maximum Gasteiger partial charge on any atom is 0.257 e. The van der Waals surface area contributed by atoms with Crippen LogP contribution in [0.25, 0.3) is 10.8 Å². The summed E-state index contributed by atoms with van der Waals surface area (Å²) in [5, 5.41) is 8.71. The third-order valence-corrected chi connectivity index (χ3v) is 6.29. The normalized spacial score (nSPS) is 11.1. The molecule has 0 aliphatic heterocycles. The fraction of sp³-hybridized carbons (Fsp3) is 0.182. The van der Waals surface area contributed by atoms with Gasteiger partial charge in [-0.3, -0.25) is 0 Å². The second-order valence-electron chi connectivity index (χ2n) is 3.82. The van der Waals surface area contributed by atoms with Gasteiger partial charge in [-0.15, -0.1) is 33.3 Å². The lowest BCUT2D eigenvalue weighted by Gasteiger charge is -1.94. The van der Waals surface area contributed by atoms with E-state index in [2.05, 4.69) is 31.1 Å². The molecule has 0 unspecified atom stereocenters. The molecule has 3 aromatic rings. The summed E-state index contributed by atoms with van der Waals surface area (Å²) in [6.07, 6.45) is 0. The average Bonchev–Trinajstić information content (AvgIpc) is 3.08. The van der Waals surface area contributed by atoms with Crippen LogP contribution in [0.2, 0.25) is 0 Å². The molecule has 0 bridgehead atoms. The summed E-state index contributed by atoms with van der Waals surface area (Å²) in [7, 11) is 0. The van der Waals surface area contributed by atoms with Gasteiger partial charge in [0.25, 0.3) is 5.89 Å². The van der Waals surface area contributed by atoms with Gasteiger partial charge in [0.05, 0.1) is 24.3 Å². The Balaban J connectivity index is 1.70. The van der Waals surface area contributed by atoms with Crippen LogP contribution in [0.3, 0.4) is 0 Å². The molecule has 0 saturated heterocycles. The number of rotatable bonds is 4. The Morgan fingerprint density at radius 3 is 2.85 bits per heavy atom. The molecule has 0 aliphatic rings. The van der Waals surface area contributed by atoms with Crippen LogP contribution in [0.4, 0.5) is 5.13 Å². The van der Waals surface area contributed by atoms with Gasteiger partial charge in [-0.2, -0.15) is 0 Å². The second kappa shape index (κ2) is 5.84. The lowest BCUT2D eigenvalue weighted by Crippen LogP contribution is -1.81. The molecule has 0 aliphatic carbocycles. The Kier molecular flexibility index (Phi) is 4.11. The highest BCUT2D eigenvalue weighted by molar-refractivity contribution is 9.11. The summed E-state index contributed by atoms with van der Waals surface area (Å²) in [6, 6.07) is 3.91. The van der Waals surface area contributed by atoms with Crippen LogP contribution in [-0.2, 0) is 5.75 Å². The van der Waals surface area contributed by atoms with E-state index in [9.17, 15) is 0 Å². The molecule has 3 heterocycles. The van der Waals surface area contributed by atoms with Crippen molar-refractivity contribution in [2.24, 2.45) is 0 Å². The predicted octanol–water partition coefficient (Wildman–Crippen LogP) is 4.20. The molecule has 2 N–H and O–H groups in total. The largest absolute Gasteiger partial charge is 0.419 e. The van der Waals surface area contributed by atoms with Crippen molar-refractivity contribution >= 4 is 55.5 Å². The minimum Gasteiger partial charge on any atom is -0.419 e. The third-order valence-electron chi connectivity index (χ3n) is 2.35. The lowest BCUT2D eigenvalue weighted by molar-refractivity contribution is 0.529. The van der Waals surface area contributed by atoms with Crippen LogP contribution < -0.4 is 5.73 Å². The number of anilines is 1. The van der Waals surface area contributed by atoms with Crippen LogP contribution in [0.5, 0.6) is 0 Å². The Morgan fingerprint density at radius 2 is 2.20 bits per heavy atom. The quantitative estimate of drug-likeness (QED) is 0.674. The number of aryl methyl sites for hydroxylation is 1. The molecule has 104 valence electrons. The van der Waals surface area contributed by atoms with E-state index in [1.54, 1.807) is 23.1 Å². The van der Waals surface area contributed by atoms with Crippen LogP contribution >= 0.6 is 50.4 Å². The minimum atomic E-state index is 0.553. The lowest BCUT2D eigenvalue weighted by atomic mass is 10.5. The van der Waals surface area contributed by atoms with E-state index >= 15 is 0 Å². The number of hydrogen-bond acceptors (Lipinski definition) is 8. The fourth-order valence-corrected chi connectivity index (χ4v) is 4.67. The average molecular weight is 389 g/mol. The van der Waals surface area contributed by atoms with E-state index in [-0.39, 0.29) is 0 Å². The van der Waals surface area contributed by atoms with Crippen molar-refractivity contribution in [2.75, 3.05) is 5.73 Å². The number of thioether (sulfide) groups is 1. The van der Waals surface area contributed by atoms with Gasteiger partial charge in [0.15, 0.2) is 5.13 Å². The Bertz CT molecular complexity index is 736. The Labute approximate surface area is 135 Å². The van der Waals surface area contributed by atoms with E-state index in [1.807, 2.05) is 19.1 Å². The molecule has 0 radical (unpaired) electrons. The number of aromatic nitrogens is 3. The van der Waals surface area contributed by atoms with Crippen LogP contribution in [0, 0.1) is 6.92 Å². The van der Waals surface area contributed by atoms with Crippen LogP contribution in [-0.4, -0.2) is 15.2 Å². The zero-order valence-corrected chi connectivity index (χ0v) is 14.3. The zero-order chi connectivity index (χ0) is 14.1. The summed E-state index contributed by atoms with van der Waals surface area (Å²) < 4.78 is 7.77. The molecular weight excluding hydrogens is 380 g/mol. The molecule has 0 amide bonds. The second-order valence-corrected chi connectivity index (χ2v) is 8.56. The smallest absolute Gasteiger partial charge is 0.257 e. The Hall–Kier alpha value is -0.900. The van der Waals surface area contributed by atoms with Crippen molar-refractivity contribution in [2.45, 2.75) is 16.9 Å². The summed E-state index contributed by atoms with van der Waals surface area (Å²) >= 11 is 8.06. The van der Waals surface area contributed by atoms with Crippen molar-refractivity contribution < 1.29 is 4.42 Å². The van der Waals surface area contributed by atoms with Gasteiger partial charge in [0, 0.05) is 0 Å². The topological polar surface area (TPSA) is 77.8 Å². The SMILES string of the molecule is Cc1nc(N)sc1SCc1nnc(-c2ccc(Br)s2)o1. The fourth-order valence-electron chi connectivity index (χ4n) is 1.50. The van der Waals surface area contributed by atoms with Crippen molar-refractivity contribution in [3.8, 4) is 10.8 Å². The first-order valence-corrected chi connectivity index (χ1v) is 8.97. The van der Waals surface area contributed by atoms with E-state index in [4.69, 9.17) is 10.2 Å². The first-order valence-electron chi connectivity index (χ1n) is 5.55. The van der Waals surface area contributed by atoms with Crippen molar-refractivity contribution in [3.05, 3.63) is 27.5 Å². The highest BCUT2D eigenvalue weighted by atomic mass is 79.9. The molecule has 0 aromatic carbocycles. The number of nitrogens with two attached hydrogens (primary N) is 1. The summed E-state index contributed by atoms with van der Waals surface area (Å²) in [4.78, 5) is 5.14. The van der Waals surface area contributed by atoms with Crippen molar-refractivity contribution in [1.82, 2.24) is 15.2 Å². The van der Waals surface area contributed by atoms with Crippen molar-refractivity contribution in [3.63, 3.8) is 0 Å². The summed E-state index contributed by atoms with van der Waals surface area (Å²) in [6.45, 7) is 1.94. The molecule has 9 heteroatoms. The summed E-state index contributed by atoms with van der Waals surface area (Å²) in [5.41, 5.74) is 6.61. The summed E-state index contributed by atoms with van der Waals surface area (Å²) in [5.74, 6) is 1.76. The van der Waals surface area contributed by atoms with Crippen molar-refractivity contribution in [1.29, 1.82) is 0 Å². The van der Waals surface area contributed by atoms with Gasteiger partial charge in [0.1, 0.15) is 0 Å². The molecule has 0 spiro atoms. The number of thiazole rings is 1. The number of nitrogens with zero attached hydrogens (tertiary/aromatic N) is 3. The van der Waals surface area contributed by atoms with Gasteiger partial charge in [-0.1, -0.05) is 11.3 Å². The predicted molar refractivity (Wildman–Crippen MR) is 86.1 cm³/mol. The maximum absolute atomic E-state index is 5.67. The number of nitrogen functional groups attached to an aromatic ring is 1. The first kappa shape index (κ1) is 14.1. The van der Waals surface area contributed by atoms with Gasteiger partial charge in [-0.05, 0) is 35.0 Å². The number of thiophene rings is 1. The van der Waals surface area contributed by atoms with Gasteiger partial charge in [0.2, 0.25) is 5.89 Å². The van der Waals surface area contributed by atoms with Gasteiger partial charge in [-0.25, -0.2) is 4.98 Å².